The minimum absolute atomic E-state index is 0.152. The minimum Gasteiger partial charge on any atom is -0.481 e. The Morgan fingerprint density at radius 3 is 2.53 bits per heavy atom. The molecule has 1 amide bonds. The first-order chi connectivity index (χ1) is 9.02. The molecular weight excluding hydrogens is 314 g/mol. The largest absolute Gasteiger partial charge is 0.481 e. The van der Waals surface area contributed by atoms with Crippen LogP contribution in [-0.2, 0) is 14.3 Å². The van der Waals surface area contributed by atoms with E-state index in [4.69, 9.17) is 9.47 Å². The van der Waals surface area contributed by atoms with Crippen molar-refractivity contribution in [2.45, 2.75) is 20.0 Å². The highest BCUT2D eigenvalue weighted by Gasteiger charge is 2.15. The van der Waals surface area contributed by atoms with Crippen molar-refractivity contribution in [2.24, 2.45) is 0 Å². The molecular formula is C13H16BrNO4. The molecule has 0 saturated heterocycles. The molecule has 0 aliphatic heterocycles. The molecule has 0 fully saturated rings. The van der Waals surface area contributed by atoms with Crippen LogP contribution >= 0.6 is 15.9 Å². The van der Waals surface area contributed by atoms with Crippen molar-refractivity contribution in [1.82, 2.24) is 5.32 Å². The van der Waals surface area contributed by atoms with Gasteiger partial charge < -0.3 is 14.8 Å². The van der Waals surface area contributed by atoms with Crippen LogP contribution in [0.4, 0.5) is 0 Å². The van der Waals surface area contributed by atoms with Gasteiger partial charge in [-0.2, -0.15) is 0 Å². The Morgan fingerprint density at radius 2 is 1.95 bits per heavy atom. The Balaban J connectivity index is 2.40. The average molecular weight is 330 g/mol. The van der Waals surface area contributed by atoms with Gasteiger partial charge in [0.15, 0.2) is 6.10 Å². The summed E-state index contributed by atoms with van der Waals surface area (Å²) in [6, 6.07) is 7.13. The van der Waals surface area contributed by atoms with E-state index < -0.39 is 12.1 Å². The zero-order valence-electron chi connectivity index (χ0n) is 10.8. The maximum absolute atomic E-state index is 11.7. The molecule has 0 bridgehead atoms. The molecule has 1 N–H and O–H groups in total. The van der Waals surface area contributed by atoms with Crippen LogP contribution in [0.1, 0.15) is 13.8 Å². The second-order valence-corrected chi connectivity index (χ2v) is 4.65. The summed E-state index contributed by atoms with van der Waals surface area (Å²) in [5.41, 5.74) is 0. The van der Waals surface area contributed by atoms with Crippen LogP contribution in [0, 0.1) is 0 Å². The van der Waals surface area contributed by atoms with Gasteiger partial charge in [-0.25, -0.2) is 0 Å². The minimum atomic E-state index is -0.685. The lowest BCUT2D eigenvalue weighted by atomic mass is 10.3. The van der Waals surface area contributed by atoms with E-state index in [1.807, 2.05) is 12.1 Å². The molecule has 6 heteroatoms. The van der Waals surface area contributed by atoms with Gasteiger partial charge in [0.05, 0.1) is 6.61 Å². The highest BCUT2D eigenvalue weighted by Crippen LogP contribution is 2.17. The molecule has 0 saturated carbocycles. The number of esters is 1. The Labute approximate surface area is 120 Å². The van der Waals surface area contributed by atoms with E-state index in [0.717, 1.165) is 4.47 Å². The van der Waals surface area contributed by atoms with Crippen LogP contribution in [-0.4, -0.2) is 31.1 Å². The van der Waals surface area contributed by atoms with Crippen molar-refractivity contribution >= 4 is 27.8 Å². The summed E-state index contributed by atoms with van der Waals surface area (Å²) in [7, 11) is 0. The molecule has 104 valence electrons. The summed E-state index contributed by atoms with van der Waals surface area (Å²) in [5, 5.41) is 2.45. The molecule has 5 nitrogen and oxygen atoms in total. The van der Waals surface area contributed by atoms with Gasteiger partial charge in [-0.3, -0.25) is 9.59 Å². The lowest BCUT2D eigenvalue weighted by molar-refractivity contribution is -0.144. The molecule has 0 radical (unpaired) electrons. The van der Waals surface area contributed by atoms with Crippen molar-refractivity contribution in [3.8, 4) is 5.75 Å². The van der Waals surface area contributed by atoms with E-state index in [9.17, 15) is 9.59 Å². The van der Waals surface area contributed by atoms with Crippen LogP contribution in [0.25, 0.3) is 0 Å². The third-order valence-corrected chi connectivity index (χ3v) is 2.74. The Morgan fingerprint density at radius 1 is 1.32 bits per heavy atom. The predicted molar refractivity (Wildman–Crippen MR) is 73.9 cm³/mol. The van der Waals surface area contributed by atoms with E-state index >= 15 is 0 Å². The number of carbonyl (C=O) groups excluding carboxylic acids is 2. The number of hydrogen-bond acceptors (Lipinski definition) is 4. The third-order valence-electron chi connectivity index (χ3n) is 2.21. The smallest absolute Gasteiger partial charge is 0.325 e. The van der Waals surface area contributed by atoms with E-state index in [2.05, 4.69) is 21.2 Å². The fourth-order valence-corrected chi connectivity index (χ4v) is 1.55. The van der Waals surface area contributed by atoms with Gasteiger partial charge in [0, 0.05) is 4.47 Å². The molecule has 1 aromatic rings. The van der Waals surface area contributed by atoms with Crippen molar-refractivity contribution in [1.29, 1.82) is 0 Å². The van der Waals surface area contributed by atoms with E-state index in [0.29, 0.717) is 12.4 Å². The maximum Gasteiger partial charge on any atom is 0.325 e. The van der Waals surface area contributed by atoms with Crippen molar-refractivity contribution in [2.75, 3.05) is 13.2 Å². The molecule has 0 spiro atoms. The average Bonchev–Trinajstić information content (AvgIpc) is 2.39. The van der Waals surface area contributed by atoms with Gasteiger partial charge in [0.2, 0.25) is 0 Å². The maximum atomic E-state index is 11.7. The second kappa shape index (κ2) is 7.78. The first kappa shape index (κ1) is 15.5. The SMILES string of the molecule is CCOC(=O)CNC(=O)C(C)Oc1ccc(Br)cc1. The summed E-state index contributed by atoms with van der Waals surface area (Å²) >= 11 is 3.31. The number of hydrogen-bond donors (Lipinski definition) is 1. The zero-order chi connectivity index (χ0) is 14.3. The van der Waals surface area contributed by atoms with Crippen LogP contribution < -0.4 is 10.1 Å². The van der Waals surface area contributed by atoms with Gasteiger partial charge >= 0.3 is 5.97 Å². The number of halogens is 1. The standard InChI is InChI=1S/C13H16BrNO4/c1-3-18-12(16)8-15-13(17)9(2)19-11-6-4-10(14)5-7-11/h4-7,9H,3,8H2,1-2H3,(H,15,17). The monoisotopic (exact) mass is 329 g/mol. The van der Waals surface area contributed by atoms with Crippen LogP contribution in [0.2, 0.25) is 0 Å². The summed E-state index contributed by atoms with van der Waals surface area (Å²) in [6.45, 7) is 3.46. The predicted octanol–water partition coefficient (Wildman–Crippen LogP) is 1.90. The first-order valence-electron chi connectivity index (χ1n) is 5.88. The fraction of sp³-hybridized carbons (Fsp3) is 0.385. The molecule has 0 aromatic heterocycles. The molecule has 1 unspecified atom stereocenters. The summed E-state index contributed by atoms with van der Waals surface area (Å²) in [5.74, 6) is -0.246. The fourth-order valence-electron chi connectivity index (χ4n) is 1.29. The number of amides is 1. The highest BCUT2D eigenvalue weighted by atomic mass is 79.9. The number of rotatable bonds is 6. The molecule has 1 atom stereocenters. The van der Waals surface area contributed by atoms with Gasteiger partial charge in [-0.05, 0) is 38.1 Å². The summed E-state index contributed by atoms with van der Waals surface area (Å²) < 4.78 is 11.1. The van der Waals surface area contributed by atoms with E-state index in [1.165, 1.54) is 0 Å². The number of benzene rings is 1. The molecule has 1 aromatic carbocycles. The Kier molecular flexibility index (Phi) is 6.35. The molecule has 0 aliphatic carbocycles. The van der Waals surface area contributed by atoms with Crippen LogP contribution in [0.15, 0.2) is 28.7 Å². The molecule has 0 heterocycles. The van der Waals surface area contributed by atoms with E-state index in [1.54, 1.807) is 26.0 Å². The molecule has 1 rings (SSSR count). The quantitative estimate of drug-likeness (QED) is 0.809. The van der Waals surface area contributed by atoms with Gasteiger partial charge in [0.1, 0.15) is 12.3 Å². The zero-order valence-corrected chi connectivity index (χ0v) is 12.4. The molecule has 0 aliphatic rings. The van der Waals surface area contributed by atoms with Gasteiger partial charge in [0.25, 0.3) is 5.91 Å². The van der Waals surface area contributed by atoms with Crippen molar-refractivity contribution in [3.63, 3.8) is 0 Å². The second-order valence-electron chi connectivity index (χ2n) is 3.74. The molecule has 19 heavy (non-hydrogen) atoms. The third kappa shape index (κ3) is 5.74. The Bertz CT molecular complexity index is 433. The van der Waals surface area contributed by atoms with E-state index in [-0.39, 0.29) is 12.5 Å². The number of carbonyl (C=O) groups is 2. The van der Waals surface area contributed by atoms with Crippen LogP contribution in [0.5, 0.6) is 5.75 Å². The highest BCUT2D eigenvalue weighted by molar-refractivity contribution is 9.10. The lowest BCUT2D eigenvalue weighted by Gasteiger charge is -2.14. The lowest BCUT2D eigenvalue weighted by Crippen LogP contribution is -2.39. The number of ether oxygens (including phenoxy) is 2. The Hall–Kier alpha value is -1.56. The summed E-state index contributed by atoms with van der Waals surface area (Å²) in [4.78, 5) is 22.8. The van der Waals surface area contributed by atoms with Gasteiger partial charge in [-0.1, -0.05) is 15.9 Å². The first-order valence-corrected chi connectivity index (χ1v) is 6.67. The van der Waals surface area contributed by atoms with Crippen molar-refractivity contribution in [3.05, 3.63) is 28.7 Å². The van der Waals surface area contributed by atoms with Crippen molar-refractivity contribution < 1.29 is 19.1 Å². The summed E-state index contributed by atoms with van der Waals surface area (Å²) in [6.07, 6.45) is -0.685. The normalized spacial score (nSPS) is 11.5. The topological polar surface area (TPSA) is 64.6 Å². The number of nitrogens with one attached hydrogen (secondary N) is 1. The van der Waals surface area contributed by atoms with Crippen LogP contribution in [0.3, 0.4) is 0 Å². The van der Waals surface area contributed by atoms with Gasteiger partial charge in [-0.15, -0.1) is 0 Å².